The van der Waals surface area contributed by atoms with Gasteiger partial charge in [-0.15, -0.1) is 23.8 Å². The first-order valence-electron chi connectivity index (χ1n) is 26.7. The Morgan fingerprint density at radius 3 is 1.85 bits per heavy atom. The fourth-order valence-electron chi connectivity index (χ4n) is 9.34. The minimum atomic E-state index is -2.54. The van der Waals surface area contributed by atoms with Gasteiger partial charge in [0, 0.05) is 38.4 Å². The Hall–Kier alpha value is -6.35. The molecule has 0 amide bonds. The zero-order chi connectivity index (χ0) is 53.2. The largest absolute Gasteiger partial charge is 0.507 e. The van der Waals surface area contributed by atoms with Gasteiger partial charge < -0.3 is 5.11 Å². The molecule has 9 rings (SSSR count). The predicted molar refractivity (Wildman–Crippen MR) is 296 cm³/mol. The summed E-state index contributed by atoms with van der Waals surface area (Å²) in [5.74, 6) is -0.0260. The first-order valence-corrected chi connectivity index (χ1v) is 24.7. The number of nitrogens with zero attached hydrogens (tertiary/aromatic N) is 3. The first-order chi connectivity index (χ1) is 34.8. The van der Waals surface area contributed by atoms with Crippen molar-refractivity contribution in [3.63, 3.8) is 0 Å². The van der Waals surface area contributed by atoms with Crippen LogP contribution < -0.4 is 0 Å². The van der Waals surface area contributed by atoms with Crippen LogP contribution in [0.5, 0.6) is 5.75 Å². The molecule has 1 N–H and O–H groups in total. The number of rotatable bonds is 10. The topological polar surface area (TPSA) is 50.9 Å². The fraction of sp³-hybridized carbons (Fsp3) is 0.273. The standard InChI is InChI=1S/C66H68N3O.Pt/c1-40(2)44-22-24-46(25-23-44)48-28-29-67-59(38-48)53-32-50(45-18-15-14-16-19-45)31-52(33-53)56-20-17-21-61-62(56)68-64(58-37-49(41(3)4)36-57(42(5)6)63(58)70)69(61)60-27-26-47(30-43(60)7)51-34-54(65(8,9)10)39-55(35-51)66(11,12)13;/h14-32,34-42,70H,1-13H3;/q-1;/i7D3,40D;. The number of aromatic hydroxyl groups is 1. The second-order valence-corrected chi connectivity index (χ2v) is 21.9. The van der Waals surface area contributed by atoms with E-state index in [1.54, 1.807) is 0 Å². The van der Waals surface area contributed by atoms with E-state index in [0.717, 1.165) is 72.5 Å². The predicted octanol–water partition coefficient (Wildman–Crippen LogP) is 18.2. The van der Waals surface area contributed by atoms with E-state index in [1.807, 2.05) is 103 Å². The number of aryl methyl sites for hydroxylation is 1. The van der Waals surface area contributed by atoms with Crippen LogP contribution in [-0.2, 0) is 31.9 Å². The Morgan fingerprint density at radius 2 is 1.21 bits per heavy atom. The van der Waals surface area contributed by atoms with E-state index in [2.05, 4.69) is 142 Å². The number of benzene rings is 7. The molecule has 2 heterocycles. The summed E-state index contributed by atoms with van der Waals surface area (Å²) in [4.78, 5) is 10.4. The van der Waals surface area contributed by atoms with E-state index in [4.69, 9.17) is 11.3 Å². The molecule has 7 aromatic carbocycles. The van der Waals surface area contributed by atoms with Crippen LogP contribution >= 0.6 is 0 Å². The Labute approximate surface area is 443 Å². The van der Waals surface area contributed by atoms with Crippen LogP contribution in [0.15, 0.2) is 152 Å². The maximum atomic E-state index is 12.4. The van der Waals surface area contributed by atoms with E-state index in [9.17, 15) is 9.22 Å². The molecule has 4 nitrogen and oxygen atoms in total. The molecular formula is C66H68N3OPt-. The molecule has 0 saturated carbocycles. The van der Waals surface area contributed by atoms with Crippen molar-refractivity contribution < 1.29 is 31.7 Å². The second-order valence-electron chi connectivity index (χ2n) is 21.9. The summed E-state index contributed by atoms with van der Waals surface area (Å²) in [6.07, 6.45) is 1.83. The van der Waals surface area contributed by atoms with E-state index >= 15 is 0 Å². The molecule has 0 aliphatic heterocycles. The number of aromatic nitrogens is 3. The van der Waals surface area contributed by atoms with Crippen LogP contribution in [-0.4, -0.2) is 19.6 Å². The van der Waals surface area contributed by atoms with Gasteiger partial charge in [0.05, 0.1) is 22.3 Å². The van der Waals surface area contributed by atoms with Gasteiger partial charge in [-0.25, -0.2) is 4.98 Å². The fourth-order valence-corrected chi connectivity index (χ4v) is 9.34. The van der Waals surface area contributed by atoms with Gasteiger partial charge in [0.1, 0.15) is 11.6 Å². The second kappa shape index (κ2) is 20.0. The molecule has 0 atom stereocenters. The third-order valence-corrected chi connectivity index (χ3v) is 13.7. The number of hydrogen-bond donors (Lipinski definition) is 1. The summed E-state index contributed by atoms with van der Waals surface area (Å²) in [6.45, 7) is 22.9. The molecular weight excluding hydrogens is 1050 g/mol. The molecule has 0 aliphatic rings. The number of phenolic OH excluding ortho intramolecular Hbond substituents is 1. The van der Waals surface area contributed by atoms with Gasteiger partial charge in [-0.3, -0.25) is 9.55 Å². The van der Waals surface area contributed by atoms with Gasteiger partial charge in [0.25, 0.3) is 0 Å². The molecule has 5 heteroatoms. The van der Waals surface area contributed by atoms with Crippen LogP contribution in [0.4, 0.5) is 0 Å². The summed E-state index contributed by atoms with van der Waals surface area (Å²) in [5.41, 5.74) is 16.2. The van der Waals surface area contributed by atoms with Crippen LogP contribution in [0.2, 0.25) is 0 Å². The normalized spacial score (nSPS) is 13.2. The van der Waals surface area contributed by atoms with Crippen molar-refractivity contribution in [2.75, 3.05) is 0 Å². The molecule has 2 aromatic heterocycles. The molecule has 0 saturated heterocycles. The van der Waals surface area contributed by atoms with E-state index < -0.39 is 12.7 Å². The van der Waals surface area contributed by atoms with Crippen LogP contribution in [0.1, 0.15) is 140 Å². The van der Waals surface area contributed by atoms with Crippen LogP contribution in [0, 0.1) is 12.9 Å². The average Bonchev–Trinajstić information content (AvgIpc) is 3.75. The maximum absolute atomic E-state index is 12.4. The molecule has 0 aliphatic carbocycles. The maximum Gasteiger partial charge on any atom is 0.148 e. The molecule has 0 bridgehead atoms. The molecule has 0 radical (unpaired) electrons. The van der Waals surface area contributed by atoms with Crippen molar-refractivity contribution in [2.45, 2.75) is 118 Å². The third-order valence-electron chi connectivity index (χ3n) is 13.7. The minimum Gasteiger partial charge on any atom is -0.507 e. The molecule has 0 spiro atoms. The van der Waals surface area contributed by atoms with Crippen molar-refractivity contribution in [1.82, 2.24) is 14.5 Å². The average molecular weight is 1120 g/mol. The Balaban J connectivity index is 0.00000747. The molecule has 364 valence electrons. The van der Waals surface area contributed by atoms with Crippen molar-refractivity contribution in [1.29, 1.82) is 0 Å². The number of phenols is 1. The Kier molecular flexibility index (Phi) is 12.9. The molecule has 0 fully saturated rings. The summed E-state index contributed by atoms with van der Waals surface area (Å²) < 4.78 is 38.1. The van der Waals surface area contributed by atoms with Gasteiger partial charge in [0.2, 0.25) is 0 Å². The number of hydrogen-bond acceptors (Lipinski definition) is 3. The summed E-state index contributed by atoms with van der Waals surface area (Å²) in [7, 11) is 0. The minimum absolute atomic E-state index is 0. The number of fused-ring (bicyclic) bond motifs is 1. The van der Waals surface area contributed by atoms with Crippen molar-refractivity contribution in [2.24, 2.45) is 0 Å². The third kappa shape index (κ3) is 10.4. The van der Waals surface area contributed by atoms with Gasteiger partial charge in [-0.1, -0.05) is 203 Å². The number of imidazole rings is 1. The van der Waals surface area contributed by atoms with E-state index in [0.29, 0.717) is 28.1 Å². The van der Waals surface area contributed by atoms with Gasteiger partial charge >= 0.3 is 0 Å². The molecule has 0 unspecified atom stereocenters. The summed E-state index contributed by atoms with van der Waals surface area (Å²) in [5, 5.41) is 12.4. The summed E-state index contributed by atoms with van der Waals surface area (Å²) in [6, 6.07) is 53.1. The number of pyridine rings is 1. The first kappa shape index (κ1) is 45.8. The van der Waals surface area contributed by atoms with Crippen molar-refractivity contribution in [3.05, 3.63) is 191 Å². The summed E-state index contributed by atoms with van der Waals surface area (Å²) >= 11 is 0. The van der Waals surface area contributed by atoms with E-state index in [1.165, 1.54) is 11.1 Å². The smallest absolute Gasteiger partial charge is 0.148 e. The van der Waals surface area contributed by atoms with Crippen LogP contribution in [0.25, 0.3) is 83.9 Å². The van der Waals surface area contributed by atoms with Gasteiger partial charge in [-0.05, 0) is 127 Å². The quantitative estimate of drug-likeness (QED) is 0.139. The van der Waals surface area contributed by atoms with Crippen molar-refractivity contribution in [3.8, 4) is 78.6 Å². The zero-order valence-corrected chi connectivity index (χ0v) is 45.5. The molecule has 71 heavy (non-hydrogen) atoms. The van der Waals surface area contributed by atoms with Crippen LogP contribution in [0.3, 0.4) is 0 Å². The Bertz CT molecular complexity index is 3520. The Morgan fingerprint density at radius 1 is 0.577 bits per heavy atom. The van der Waals surface area contributed by atoms with E-state index in [-0.39, 0.29) is 55.0 Å². The molecule has 9 aromatic rings. The van der Waals surface area contributed by atoms with Gasteiger partial charge in [-0.2, -0.15) is 0 Å². The van der Waals surface area contributed by atoms with Crippen molar-refractivity contribution >= 4 is 11.0 Å². The SMILES string of the molecule is [2H]C([2H])([2H])c1cc(-c2cc(C(C)(C)C)cc(C(C)(C)C)c2)ccc1-n1c(-c2cc(C(C)C)cc(C(C)C)c2O)nc2c(-c3[c-]c(-c4cc(-c5ccc(C([2H])(C)C)cc5)ccn4)cc(-c4ccccc4)c3)cccc21.[Pt]. The van der Waals surface area contributed by atoms with Gasteiger partial charge in [0.15, 0.2) is 0 Å². The number of para-hydroxylation sites is 1. The zero-order valence-electron chi connectivity index (χ0n) is 47.2. The monoisotopic (exact) mass is 1120 g/mol.